The van der Waals surface area contributed by atoms with E-state index >= 15 is 0 Å². The van der Waals surface area contributed by atoms with Crippen molar-refractivity contribution < 1.29 is 9.90 Å². The standard InChI is InChI=1S/C13H18N2O2/c1-14-12(13(16)17)8-5-9-15-10-11-6-3-2-4-7-11/h2-4,6-7,10,12,14H,5,8-9H2,1H3,(H,16,17)/b15-10+/t12-/m0/s1. The molecule has 0 aromatic heterocycles. The van der Waals surface area contributed by atoms with Crippen molar-refractivity contribution in [2.45, 2.75) is 18.9 Å². The molecule has 0 unspecified atom stereocenters. The number of aliphatic carboxylic acids is 1. The van der Waals surface area contributed by atoms with E-state index in [0.717, 1.165) is 12.0 Å². The van der Waals surface area contributed by atoms with Crippen molar-refractivity contribution >= 4 is 12.2 Å². The number of hydrogen-bond acceptors (Lipinski definition) is 3. The predicted octanol–water partition coefficient (Wildman–Crippen LogP) is 1.56. The molecule has 4 heteroatoms. The van der Waals surface area contributed by atoms with Crippen LogP contribution in [0.5, 0.6) is 0 Å². The molecule has 0 heterocycles. The third-order valence-corrected chi connectivity index (χ3v) is 2.47. The zero-order valence-electron chi connectivity index (χ0n) is 9.97. The van der Waals surface area contributed by atoms with E-state index in [4.69, 9.17) is 5.11 Å². The van der Waals surface area contributed by atoms with Gasteiger partial charge in [0.2, 0.25) is 0 Å². The molecular formula is C13H18N2O2. The van der Waals surface area contributed by atoms with Gasteiger partial charge in [0.15, 0.2) is 0 Å². The van der Waals surface area contributed by atoms with Gasteiger partial charge in [-0.15, -0.1) is 0 Å². The Morgan fingerprint density at radius 2 is 2.18 bits per heavy atom. The number of carbonyl (C=O) groups is 1. The molecule has 0 aliphatic heterocycles. The van der Waals surface area contributed by atoms with E-state index in [0.29, 0.717) is 13.0 Å². The fourth-order valence-electron chi connectivity index (χ4n) is 1.49. The molecule has 1 atom stereocenters. The number of nitrogens with zero attached hydrogens (tertiary/aromatic N) is 1. The molecule has 0 saturated heterocycles. The molecule has 0 spiro atoms. The second-order valence-electron chi connectivity index (χ2n) is 3.77. The lowest BCUT2D eigenvalue weighted by molar-refractivity contribution is -0.139. The molecule has 0 aliphatic carbocycles. The van der Waals surface area contributed by atoms with Crippen LogP contribution >= 0.6 is 0 Å². The van der Waals surface area contributed by atoms with Crippen LogP contribution in [0.3, 0.4) is 0 Å². The van der Waals surface area contributed by atoms with Gasteiger partial charge < -0.3 is 10.4 Å². The molecular weight excluding hydrogens is 216 g/mol. The first-order valence-corrected chi connectivity index (χ1v) is 5.69. The molecule has 17 heavy (non-hydrogen) atoms. The van der Waals surface area contributed by atoms with E-state index in [1.807, 2.05) is 36.5 Å². The van der Waals surface area contributed by atoms with Crippen LogP contribution in [0, 0.1) is 0 Å². The van der Waals surface area contributed by atoms with Crippen molar-refractivity contribution in [3.05, 3.63) is 35.9 Å². The fraction of sp³-hybridized carbons (Fsp3) is 0.385. The van der Waals surface area contributed by atoms with Crippen molar-refractivity contribution in [3.63, 3.8) is 0 Å². The van der Waals surface area contributed by atoms with Gasteiger partial charge >= 0.3 is 5.97 Å². The zero-order chi connectivity index (χ0) is 12.5. The monoisotopic (exact) mass is 234 g/mol. The highest BCUT2D eigenvalue weighted by atomic mass is 16.4. The summed E-state index contributed by atoms with van der Waals surface area (Å²) in [6.45, 7) is 0.653. The number of benzene rings is 1. The number of carboxylic acids is 1. The Morgan fingerprint density at radius 3 is 2.76 bits per heavy atom. The minimum absolute atomic E-state index is 0.470. The summed E-state index contributed by atoms with van der Waals surface area (Å²) in [6.07, 6.45) is 3.17. The molecule has 0 aliphatic rings. The Labute approximate surface area is 101 Å². The largest absolute Gasteiger partial charge is 0.480 e. The number of rotatable bonds is 7. The van der Waals surface area contributed by atoms with Gasteiger partial charge in [-0.1, -0.05) is 30.3 Å². The number of aliphatic imine (C=N–C) groups is 1. The van der Waals surface area contributed by atoms with E-state index in [2.05, 4.69) is 10.3 Å². The summed E-state index contributed by atoms with van der Waals surface area (Å²) >= 11 is 0. The SMILES string of the molecule is CN[C@@H](CCC/N=C/c1ccccc1)C(=O)O. The van der Waals surface area contributed by atoms with Crippen LogP contribution in [0.4, 0.5) is 0 Å². The molecule has 2 N–H and O–H groups in total. The van der Waals surface area contributed by atoms with Crippen LogP contribution in [-0.4, -0.2) is 36.9 Å². The van der Waals surface area contributed by atoms with Crippen LogP contribution in [0.2, 0.25) is 0 Å². The van der Waals surface area contributed by atoms with Crippen LogP contribution in [0.1, 0.15) is 18.4 Å². The molecule has 0 saturated carbocycles. The summed E-state index contributed by atoms with van der Waals surface area (Å²) in [7, 11) is 1.66. The van der Waals surface area contributed by atoms with Gasteiger partial charge in [0.1, 0.15) is 6.04 Å². The molecule has 1 aromatic carbocycles. The Bertz CT molecular complexity index is 363. The normalized spacial score (nSPS) is 12.8. The molecule has 0 radical (unpaired) electrons. The first-order valence-electron chi connectivity index (χ1n) is 5.69. The summed E-state index contributed by atoms with van der Waals surface area (Å²) in [6, 6.07) is 9.38. The van der Waals surface area contributed by atoms with Gasteiger partial charge in [-0.3, -0.25) is 9.79 Å². The summed E-state index contributed by atoms with van der Waals surface area (Å²) in [5, 5.41) is 11.6. The molecule has 0 fully saturated rings. The maximum absolute atomic E-state index is 10.7. The number of nitrogens with one attached hydrogen (secondary N) is 1. The topological polar surface area (TPSA) is 61.7 Å². The molecule has 92 valence electrons. The third kappa shape index (κ3) is 5.26. The summed E-state index contributed by atoms with van der Waals surface area (Å²) in [4.78, 5) is 15.0. The summed E-state index contributed by atoms with van der Waals surface area (Å²) in [5.74, 6) is -0.806. The minimum atomic E-state index is -0.806. The maximum atomic E-state index is 10.7. The average Bonchev–Trinajstić information content (AvgIpc) is 2.34. The van der Waals surface area contributed by atoms with E-state index in [1.165, 1.54) is 0 Å². The fourth-order valence-corrected chi connectivity index (χ4v) is 1.49. The predicted molar refractivity (Wildman–Crippen MR) is 68.6 cm³/mol. The first-order chi connectivity index (χ1) is 8.24. The lowest BCUT2D eigenvalue weighted by atomic mass is 10.1. The van der Waals surface area contributed by atoms with Gasteiger partial charge in [-0.2, -0.15) is 0 Å². The van der Waals surface area contributed by atoms with Crippen molar-refractivity contribution in [3.8, 4) is 0 Å². The van der Waals surface area contributed by atoms with Crippen molar-refractivity contribution in [1.29, 1.82) is 0 Å². The second kappa shape index (κ2) is 7.57. The van der Waals surface area contributed by atoms with E-state index < -0.39 is 12.0 Å². The van der Waals surface area contributed by atoms with Gasteiger partial charge in [-0.25, -0.2) is 0 Å². The molecule has 0 amide bonds. The lowest BCUT2D eigenvalue weighted by Crippen LogP contribution is -2.33. The van der Waals surface area contributed by atoms with Gasteiger partial charge in [0.25, 0.3) is 0 Å². The number of likely N-dealkylation sites (N-methyl/N-ethyl adjacent to an activating group) is 1. The second-order valence-corrected chi connectivity index (χ2v) is 3.77. The van der Waals surface area contributed by atoms with Crippen LogP contribution < -0.4 is 5.32 Å². The Hall–Kier alpha value is -1.68. The molecule has 1 rings (SSSR count). The highest BCUT2D eigenvalue weighted by molar-refractivity contribution is 5.79. The number of carboxylic acid groups (broad SMARTS) is 1. The lowest BCUT2D eigenvalue weighted by Gasteiger charge is -2.09. The average molecular weight is 234 g/mol. The summed E-state index contributed by atoms with van der Waals surface area (Å²) in [5.41, 5.74) is 1.07. The van der Waals surface area contributed by atoms with Gasteiger partial charge in [0, 0.05) is 12.8 Å². The molecule has 1 aromatic rings. The van der Waals surface area contributed by atoms with Gasteiger partial charge in [0.05, 0.1) is 0 Å². The Morgan fingerprint density at radius 1 is 1.47 bits per heavy atom. The quantitative estimate of drug-likeness (QED) is 0.556. The highest BCUT2D eigenvalue weighted by Crippen LogP contribution is 1.98. The smallest absolute Gasteiger partial charge is 0.320 e. The van der Waals surface area contributed by atoms with Crippen molar-refractivity contribution in [2.24, 2.45) is 4.99 Å². The molecule has 0 bridgehead atoms. The van der Waals surface area contributed by atoms with Crippen LogP contribution in [0.25, 0.3) is 0 Å². The van der Waals surface area contributed by atoms with E-state index in [-0.39, 0.29) is 0 Å². The van der Waals surface area contributed by atoms with Crippen molar-refractivity contribution in [1.82, 2.24) is 5.32 Å². The molecule has 4 nitrogen and oxygen atoms in total. The number of hydrogen-bond donors (Lipinski definition) is 2. The van der Waals surface area contributed by atoms with E-state index in [1.54, 1.807) is 7.05 Å². The Kier molecular flexibility index (Phi) is 5.96. The minimum Gasteiger partial charge on any atom is -0.480 e. The first kappa shape index (κ1) is 13.4. The van der Waals surface area contributed by atoms with Crippen LogP contribution in [0.15, 0.2) is 35.3 Å². The van der Waals surface area contributed by atoms with E-state index in [9.17, 15) is 4.79 Å². The van der Waals surface area contributed by atoms with Gasteiger partial charge in [-0.05, 0) is 25.5 Å². The van der Waals surface area contributed by atoms with Crippen LogP contribution in [-0.2, 0) is 4.79 Å². The highest BCUT2D eigenvalue weighted by Gasteiger charge is 2.12. The van der Waals surface area contributed by atoms with Crippen molar-refractivity contribution in [2.75, 3.05) is 13.6 Å². The Balaban J connectivity index is 2.24. The zero-order valence-corrected chi connectivity index (χ0v) is 9.97. The third-order valence-electron chi connectivity index (χ3n) is 2.47. The maximum Gasteiger partial charge on any atom is 0.320 e. The summed E-state index contributed by atoms with van der Waals surface area (Å²) < 4.78 is 0.